The monoisotopic (exact) mass is 228 g/mol. The number of para-hydroxylation sites is 2. The topological polar surface area (TPSA) is 29.5 Å². The third-order valence-corrected chi connectivity index (χ3v) is 3.09. The number of hydrogen-bond acceptors (Lipinski definition) is 2. The molecule has 0 saturated carbocycles. The Morgan fingerprint density at radius 1 is 0.824 bits per heavy atom. The predicted octanol–water partition coefficient (Wildman–Crippen LogP) is 4.11. The van der Waals surface area contributed by atoms with Crippen molar-refractivity contribution in [2.45, 2.75) is 20.8 Å². The highest BCUT2D eigenvalue weighted by Crippen LogP contribution is 2.33. The summed E-state index contributed by atoms with van der Waals surface area (Å²) in [5, 5.41) is 9.66. The smallest absolute Gasteiger partial charge is 0.169 e. The first-order valence-corrected chi connectivity index (χ1v) is 5.62. The van der Waals surface area contributed by atoms with Gasteiger partial charge in [0.05, 0.1) is 0 Å². The molecule has 0 atom stereocenters. The highest BCUT2D eigenvalue weighted by Gasteiger charge is 2.07. The van der Waals surface area contributed by atoms with E-state index in [4.69, 9.17) is 4.74 Å². The van der Waals surface area contributed by atoms with Crippen LogP contribution in [0.4, 0.5) is 0 Å². The highest BCUT2D eigenvalue weighted by molar-refractivity contribution is 5.47. The SMILES string of the molecule is Cc1ccc(Oc2ccccc2O)c(C)c1C. The van der Waals surface area contributed by atoms with E-state index in [1.54, 1.807) is 18.2 Å². The van der Waals surface area contributed by atoms with Crippen molar-refractivity contribution in [2.24, 2.45) is 0 Å². The largest absolute Gasteiger partial charge is 0.504 e. The molecule has 1 N–H and O–H groups in total. The fourth-order valence-corrected chi connectivity index (χ4v) is 1.70. The standard InChI is InChI=1S/C15H16O2/c1-10-8-9-14(12(3)11(10)2)17-15-7-5-4-6-13(15)16/h4-9,16H,1-3H3. The lowest BCUT2D eigenvalue weighted by Crippen LogP contribution is -1.92. The van der Waals surface area contributed by atoms with Crippen LogP contribution in [0.1, 0.15) is 16.7 Å². The summed E-state index contributed by atoms with van der Waals surface area (Å²) < 4.78 is 5.73. The van der Waals surface area contributed by atoms with E-state index in [1.165, 1.54) is 11.1 Å². The first-order chi connectivity index (χ1) is 8.09. The van der Waals surface area contributed by atoms with Gasteiger partial charge in [-0.05, 0) is 55.7 Å². The molecule has 0 fully saturated rings. The van der Waals surface area contributed by atoms with Crippen LogP contribution in [0.2, 0.25) is 0 Å². The molecule has 0 heterocycles. The highest BCUT2D eigenvalue weighted by atomic mass is 16.5. The summed E-state index contributed by atoms with van der Waals surface area (Å²) in [5.41, 5.74) is 3.57. The van der Waals surface area contributed by atoms with Gasteiger partial charge < -0.3 is 9.84 Å². The van der Waals surface area contributed by atoms with Crippen LogP contribution in [-0.2, 0) is 0 Å². The van der Waals surface area contributed by atoms with Gasteiger partial charge in [0.1, 0.15) is 5.75 Å². The van der Waals surface area contributed by atoms with Crippen LogP contribution in [0.25, 0.3) is 0 Å². The van der Waals surface area contributed by atoms with E-state index in [-0.39, 0.29) is 5.75 Å². The fourth-order valence-electron chi connectivity index (χ4n) is 1.70. The van der Waals surface area contributed by atoms with Crippen LogP contribution in [0.3, 0.4) is 0 Å². The molecule has 88 valence electrons. The number of phenolic OH excluding ortho intramolecular Hbond substituents is 1. The molecular weight excluding hydrogens is 212 g/mol. The van der Waals surface area contributed by atoms with E-state index in [1.807, 2.05) is 25.1 Å². The summed E-state index contributed by atoms with van der Waals surface area (Å²) in [6.07, 6.45) is 0. The second kappa shape index (κ2) is 4.50. The fraction of sp³-hybridized carbons (Fsp3) is 0.200. The minimum atomic E-state index is 0.158. The van der Waals surface area contributed by atoms with E-state index in [0.29, 0.717) is 5.75 Å². The van der Waals surface area contributed by atoms with Crippen molar-refractivity contribution >= 4 is 0 Å². The molecule has 0 aliphatic heterocycles. The van der Waals surface area contributed by atoms with Crippen LogP contribution in [0.15, 0.2) is 36.4 Å². The number of rotatable bonds is 2. The number of hydrogen-bond donors (Lipinski definition) is 1. The van der Waals surface area contributed by atoms with Crippen LogP contribution in [-0.4, -0.2) is 5.11 Å². The molecule has 0 unspecified atom stereocenters. The molecule has 0 amide bonds. The van der Waals surface area contributed by atoms with Gasteiger partial charge in [0.2, 0.25) is 0 Å². The molecule has 0 aromatic heterocycles. The van der Waals surface area contributed by atoms with Gasteiger partial charge in [-0.2, -0.15) is 0 Å². The van der Waals surface area contributed by atoms with Crippen molar-refractivity contribution in [1.29, 1.82) is 0 Å². The Hall–Kier alpha value is -1.96. The van der Waals surface area contributed by atoms with Gasteiger partial charge >= 0.3 is 0 Å². The van der Waals surface area contributed by atoms with Gasteiger partial charge in [-0.15, -0.1) is 0 Å². The summed E-state index contributed by atoms with van der Waals surface area (Å²) in [4.78, 5) is 0. The molecule has 17 heavy (non-hydrogen) atoms. The molecule has 0 radical (unpaired) electrons. The molecule has 0 bridgehead atoms. The van der Waals surface area contributed by atoms with Crippen LogP contribution in [0.5, 0.6) is 17.2 Å². The van der Waals surface area contributed by atoms with E-state index >= 15 is 0 Å². The summed E-state index contributed by atoms with van der Waals surface area (Å²) in [7, 11) is 0. The summed E-state index contributed by atoms with van der Waals surface area (Å²) in [6.45, 7) is 6.17. The number of ether oxygens (including phenoxy) is 1. The molecule has 2 rings (SSSR count). The summed E-state index contributed by atoms with van der Waals surface area (Å²) >= 11 is 0. The Balaban J connectivity index is 2.38. The van der Waals surface area contributed by atoms with Crippen molar-refractivity contribution in [3.63, 3.8) is 0 Å². The van der Waals surface area contributed by atoms with E-state index in [9.17, 15) is 5.11 Å². The van der Waals surface area contributed by atoms with E-state index < -0.39 is 0 Å². The van der Waals surface area contributed by atoms with Crippen molar-refractivity contribution in [3.8, 4) is 17.2 Å². The summed E-state index contributed by atoms with van der Waals surface area (Å²) in [6, 6.07) is 10.9. The maximum atomic E-state index is 9.66. The molecule has 0 saturated heterocycles. The molecule has 0 spiro atoms. The Morgan fingerprint density at radius 3 is 2.24 bits per heavy atom. The molecule has 2 aromatic rings. The maximum absolute atomic E-state index is 9.66. The molecule has 2 heteroatoms. The lowest BCUT2D eigenvalue weighted by molar-refractivity contribution is 0.409. The number of benzene rings is 2. The lowest BCUT2D eigenvalue weighted by atomic mass is 10.0. The van der Waals surface area contributed by atoms with Gasteiger partial charge in [-0.3, -0.25) is 0 Å². The van der Waals surface area contributed by atoms with Gasteiger partial charge in [-0.25, -0.2) is 0 Å². The quantitative estimate of drug-likeness (QED) is 0.838. The van der Waals surface area contributed by atoms with E-state index in [0.717, 1.165) is 11.3 Å². The zero-order valence-electron chi connectivity index (χ0n) is 10.3. The van der Waals surface area contributed by atoms with Crippen molar-refractivity contribution < 1.29 is 9.84 Å². The first kappa shape index (κ1) is 11.5. The Morgan fingerprint density at radius 2 is 1.53 bits per heavy atom. The van der Waals surface area contributed by atoms with E-state index in [2.05, 4.69) is 13.8 Å². The number of aromatic hydroxyl groups is 1. The Bertz CT molecular complexity index is 545. The predicted molar refractivity (Wildman–Crippen MR) is 68.8 cm³/mol. The van der Waals surface area contributed by atoms with Crippen molar-refractivity contribution in [2.75, 3.05) is 0 Å². The molecule has 2 nitrogen and oxygen atoms in total. The third kappa shape index (κ3) is 2.26. The Kier molecular flexibility index (Phi) is 3.05. The zero-order valence-corrected chi connectivity index (χ0v) is 10.3. The average Bonchev–Trinajstić information content (AvgIpc) is 2.32. The van der Waals surface area contributed by atoms with Crippen LogP contribution in [0, 0.1) is 20.8 Å². The normalized spacial score (nSPS) is 10.3. The van der Waals surface area contributed by atoms with Crippen molar-refractivity contribution in [3.05, 3.63) is 53.1 Å². The van der Waals surface area contributed by atoms with Gasteiger partial charge in [-0.1, -0.05) is 18.2 Å². The summed E-state index contributed by atoms with van der Waals surface area (Å²) in [5.74, 6) is 1.43. The maximum Gasteiger partial charge on any atom is 0.169 e. The minimum Gasteiger partial charge on any atom is -0.504 e. The first-order valence-electron chi connectivity index (χ1n) is 5.62. The van der Waals surface area contributed by atoms with Gasteiger partial charge in [0.15, 0.2) is 11.5 Å². The van der Waals surface area contributed by atoms with Crippen LogP contribution < -0.4 is 4.74 Å². The minimum absolute atomic E-state index is 0.158. The second-order valence-corrected chi connectivity index (χ2v) is 4.20. The van der Waals surface area contributed by atoms with Crippen molar-refractivity contribution in [1.82, 2.24) is 0 Å². The molecule has 2 aromatic carbocycles. The van der Waals surface area contributed by atoms with Gasteiger partial charge in [0, 0.05) is 0 Å². The lowest BCUT2D eigenvalue weighted by Gasteiger charge is -2.13. The molecular formula is C15H16O2. The average molecular weight is 228 g/mol. The van der Waals surface area contributed by atoms with Gasteiger partial charge in [0.25, 0.3) is 0 Å². The van der Waals surface area contributed by atoms with Crippen LogP contribution >= 0.6 is 0 Å². The second-order valence-electron chi connectivity index (χ2n) is 4.20. The third-order valence-electron chi connectivity index (χ3n) is 3.09. The Labute approximate surface area is 101 Å². The number of aryl methyl sites for hydroxylation is 1. The molecule has 0 aliphatic rings. The molecule has 0 aliphatic carbocycles. The zero-order chi connectivity index (χ0) is 12.4. The number of phenols is 1.